The molecule has 0 saturated heterocycles. The molecule has 27 heavy (non-hydrogen) atoms. The molecule has 2 aromatic heterocycles. The smallest absolute Gasteiger partial charge is 0.358 e. The van der Waals surface area contributed by atoms with Crippen LogP contribution >= 0.6 is 0 Å². The minimum Gasteiger partial charge on any atom is -0.493 e. The van der Waals surface area contributed by atoms with Crippen molar-refractivity contribution in [3.05, 3.63) is 41.5 Å². The van der Waals surface area contributed by atoms with Crippen molar-refractivity contribution in [2.45, 2.75) is 13.5 Å². The lowest BCUT2D eigenvalue weighted by molar-refractivity contribution is 0.0593. The first kappa shape index (κ1) is 17.0. The monoisotopic (exact) mass is 371 g/mol. The molecule has 0 saturated carbocycles. The van der Waals surface area contributed by atoms with Crippen molar-refractivity contribution >= 4 is 5.97 Å². The van der Waals surface area contributed by atoms with Gasteiger partial charge in [-0.2, -0.15) is 5.10 Å². The summed E-state index contributed by atoms with van der Waals surface area (Å²) in [5.74, 6) is 2.29. The predicted molar refractivity (Wildman–Crippen MR) is 92.0 cm³/mol. The van der Waals surface area contributed by atoms with E-state index in [0.29, 0.717) is 46.7 Å². The Morgan fingerprint density at radius 2 is 2.15 bits per heavy atom. The zero-order valence-corrected chi connectivity index (χ0v) is 15.0. The molecule has 3 aromatic rings. The Hall–Kier alpha value is -3.49. The number of fused-ring (bicyclic) bond motifs is 1. The minimum absolute atomic E-state index is 0.146. The molecule has 4 rings (SSSR count). The van der Waals surface area contributed by atoms with Crippen molar-refractivity contribution in [2.75, 3.05) is 21.0 Å². The molecule has 0 aliphatic carbocycles. The molecular formula is C18H17N3O6. The first-order valence-electron chi connectivity index (χ1n) is 8.15. The molecule has 3 heterocycles. The van der Waals surface area contributed by atoms with Gasteiger partial charge >= 0.3 is 5.97 Å². The van der Waals surface area contributed by atoms with Crippen LogP contribution < -0.4 is 14.2 Å². The average Bonchev–Trinajstić information content (AvgIpc) is 3.41. The Kier molecular flexibility index (Phi) is 4.19. The van der Waals surface area contributed by atoms with Gasteiger partial charge in [-0.1, -0.05) is 0 Å². The van der Waals surface area contributed by atoms with Gasteiger partial charge in [-0.3, -0.25) is 4.68 Å². The largest absolute Gasteiger partial charge is 0.493 e. The Labute approximate surface area is 154 Å². The van der Waals surface area contributed by atoms with Crippen molar-refractivity contribution in [1.29, 1.82) is 0 Å². The number of hydrogen-bond donors (Lipinski definition) is 0. The predicted octanol–water partition coefficient (Wildman–Crippen LogP) is 2.42. The van der Waals surface area contributed by atoms with Crippen LogP contribution in [0.15, 0.2) is 28.8 Å². The number of nitrogens with zero attached hydrogens (tertiary/aromatic N) is 3. The van der Waals surface area contributed by atoms with Gasteiger partial charge in [0, 0.05) is 11.8 Å². The van der Waals surface area contributed by atoms with Crippen molar-refractivity contribution in [2.24, 2.45) is 0 Å². The topological polar surface area (TPSA) is 97.8 Å². The van der Waals surface area contributed by atoms with Crippen LogP contribution in [0.5, 0.6) is 17.2 Å². The Morgan fingerprint density at radius 3 is 2.93 bits per heavy atom. The van der Waals surface area contributed by atoms with Crippen LogP contribution in [0.1, 0.15) is 21.9 Å². The first-order chi connectivity index (χ1) is 13.1. The molecule has 0 amide bonds. The summed E-state index contributed by atoms with van der Waals surface area (Å²) >= 11 is 0. The second-order valence-electron chi connectivity index (χ2n) is 5.82. The minimum atomic E-state index is -0.487. The van der Waals surface area contributed by atoms with Crippen LogP contribution in [-0.2, 0) is 11.3 Å². The van der Waals surface area contributed by atoms with E-state index in [1.807, 2.05) is 6.92 Å². The Balaban J connectivity index is 1.62. The molecule has 140 valence electrons. The van der Waals surface area contributed by atoms with Crippen LogP contribution in [0.25, 0.3) is 11.5 Å². The van der Waals surface area contributed by atoms with E-state index in [9.17, 15) is 4.79 Å². The van der Waals surface area contributed by atoms with Gasteiger partial charge < -0.3 is 23.4 Å². The Morgan fingerprint density at radius 1 is 1.30 bits per heavy atom. The lowest BCUT2D eigenvalue weighted by Crippen LogP contribution is -2.06. The van der Waals surface area contributed by atoms with Gasteiger partial charge in [0.15, 0.2) is 17.2 Å². The summed E-state index contributed by atoms with van der Waals surface area (Å²) in [5.41, 5.74) is 1.64. The molecular weight excluding hydrogens is 354 g/mol. The van der Waals surface area contributed by atoms with Crippen molar-refractivity contribution in [3.63, 3.8) is 0 Å². The average molecular weight is 371 g/mol. The summed E-state index contributed by atoms with van der Waals surface area (Å²) < 4.78 is 28.3. The molecule has 0 fully saturated rings. The van der Waals surface area contributed by atoms with Crippen LogP contribution in [0.3, 0.4) is 0 Å². The molecule has 1 aliphatic heterocycles. The maximum atomic E-state index is 11.5. The van der Waals surface area contributed by atoms with Crippen LogP contribution in [0.2, 0.25) is 0 Å². The van der Waals surface area contributed by atoms with Gasteiger partial charge in [0.05, 0.1) is 20.8 Å². The van der Waals surface area contributed by atoms with E-state index in [1.54, 1.807) is 36.2 Å². The van der Waals surface area contributed by atoms with E-state index in [1.165, 1.54) is 7.11 Å². The molecule has 1 aliphatic rings. The number of aromatic nitrogens is 3. The third-order valence-electron chi connectivity index (χ3n) is 4.14. The van der Waals surface area contributed by atoms with E-state index in [4.69, 9.17) is 18.6 Å². The molecule has 9 heteroatoms. The molecule has 9 nitrogen and oxygen atoms in total. The highest BCUT2D eigenvalue weighted by Crippen LogP contribution is 2.44. The van der Waals surface area contributed by atoms with E-state index in [2.05, 4.69) is 14.8 Å². The molecule has 1 aromatic carbocycles. The highest BCUT2D eigenvalue weighted by molar-refractivity contribution is 5.86. The Bertz CT molecular complexity index is 1010. The normalized spacial score (nSPS) is 12.3. The molecule has 0 radical (unpaired) electrons. The van der Waals surface area contributed by atoms with Crippen molar-refractivity contribution in [3.8, 4) is 28.7 Å². The molecule has 0 unspecified atom stereocenters. The number of ether oxygens (including phenoxy) is 4. The third kappa shape index (κ3) is 3.07. The quantitative estimate of drug-likeness (QED) is 0.631. The zero-order chi connectivity index (χ0) is 19.0. The number of rotatable bonds is 5. The molecule has 0 spiro atoms. The number of hydrogen-bond acceptors (Lipinski definition) is 8. The second kappa shape index (κ2) is 6.67. The zero-order valence-electron chi connectivity index (χ0n) is 15.0. The second-order valence-corrected chi connectivity index (χ2v) is 5.82. The van der Waals surface area contributed by atoms with Crippen LogP contribution in [0, 0.1) is 6.92 Å². The van der Waals surface area contributed by atoms with E-state index < -0.39 is 5.97 Å². The third-order valence-corrected chi connectivity index (χ3v) is 4.14. The first-order valence-corrected chi connectivity index (χ1v) is 8.15. The van der Waals surface area contributed by atoms with Gasteiger partial charge in [0.25, 0.3) is 0 Å². The summed E-state index contributed by atoms with van der Waals surface area (Å²) in [5, 5.41) is 4.18. The highest BCUT2D eigenvalue weighted by Gasteiger charge is 2.23. The van der Waals surface area contributed by atoms with Crippen molar-refractivity contribution < 1.29 is 28.2 Å². The van der Waals surface area contributed by atoms with E-state index in [0.717, 1.165) is 0 Å². The van der Waals surface area contributed by atoms with Crippen LogP contribution in [0.4, 0.5) is 0 Å². The summed E-state index contributed by atoms with van der Waals surface area (Å²) in [4.78, 5) is 16.1. The van der Waals surface area contributed by atoms with E-state index >= 15 is 0 Å². The number of aryl methyl sites for hydroxylation is 1. The summed E-state index contributed by atoms with van der Waals surface area (Å²) in [6, 6.07) is 5.17. The summed E-state index contributed by atoms with van der Waals surface area (Å²) in [6.45, 7) is 2.32. The molecule has 0 bridgehead atoms. The van der Waals surface area contributed by atoms with Crippen LogP contribution in [-0.4, -0.2) is 41.7 Å². The number of oxazole rings is 1. The van der Waals surface area contributed by atoms with Gasteiger partial charge in [0.1, 0.15) is 11.5 Å². The fraction of sp³-hybridized carbons (Fsp3) is 0.278. The maximum Gasteiger partial charge on any atom is 0.358 e. The fourth-order valence-corrected chi connectivity index (χ4v) is 2.77. The van der Waals surface area contributed by atoms with Gasteiger partial charge in [-0.25, -0.2) is 9.78 Å². The number of benzene rings is 1. The molecule has 0 N–H and O–H groups in total. The van der Waals surface area contributed by atoms with E-state index in [-0.39, 0.29) is 12.5 Å². The number of esters is 1. The lowest BCUT2D eigenvalue weighted by Gasteiger charge is -2.06. The fourth-order valence-electron chi connectivity index (χ4n) is 2.77. The SMILES string of the molecule is COC(=O)c1ccn(Cc2nc(-c3cc(OC)c4c(c3)OCO4)oc2C)n1. The van der Waals surface area contributed by atoms with Crippen molar-refractivity contribution in [1.82, 2.24) is 14.8 Å². The number of methoxy groups -OCH3 is 2. The maximum absolute atomic E-state index is 11.5. The summed E-state index contributed by atoms with van der Waals surface area (Å²) in [7, 11) is 2.87. The number of carbonyl (C=O) groups excluding carboxylic acids is 1. The lowest BCUT2D eigenvalue weighted by atomic mass is 10.2. The van der Waals surface area contributed by atoms with Gasteiger partial charge in [-0.05, 0) is 25.1 Å². The highest BCUT2D eigenvalue weighted by atomic mass is 16.7. The van der Waals surface area contributed by atoms with Gasteiger partial charge in [0.2, 0.25) is 18.4 Å². The number of carbonyl (C=O) groups is 1. The summed E-state index contributed by atoms with van der Waals surface area (Å²) in [6.07, 6.45) is 1.68. The standard InChI is InChI=1S/C18H17N3O6/c1-10-13(8-21-5-4-12(20-21)18(22)24-3)19-17(27-10)11-6-14(23-2)16-15(7-11)25-9-26-16/h4-7H,8-9H2,1-3H3. The molecule has 0 atom stereocenters. The van der Waals surface area contributed by atoms with Gasteiger partial charge in [-0.15, -0.1) is 0 Å².